The van der Waals surface area contributed by atoms with Crippen molar-refractivity contribution in [2.45, 2.75) is 40.0 Å². The van der Waals surface area contributed by atoms with Crippen LogP contribution in [-0.4, -0.2) is 0 Å². The van der Waals surface area contributed by atoms with Gasteiger partial charge in [-0.05, 0) is 55.0 Å². The van der Waals surface area contributed by atoms with E-state index in [0.717, 1.165) is 12.0 Å². The van der Waals surface area contributed by atoms with E-state index in [2.05, 4.69) is 32.9 Å². The molecule has 0 aliphatic rings. The van der Waals surface area contributed by atoms with Crippen LogP contribution in [0.25, 0.3) is 6.08 Å². The molecule has 1 aromatic carbocycles. The lowest BCUT2D eigenvalue weighted by molar-refractivity contribution is 0.787. The Bertz CT molecular complexity index is 399. The van der Waals surface area contributed by atoms with Crippen LogP contribution in [-0.2, 0) is 6.42 Å². The number of hydrogen-bond donors (Lipinski definition) is 0. The van der Waals surface area contributed by atoms with Crippen molar-refractivity contribution >= 4 is 6.08 Å². The van der Waals surface area contributed by atoms with Crippen LogP contribution in [0.3, 0.4) is 0 Å². The SMILES string of the molecule is CCCCc1c(C)cc(/C=C/C#N)cc1C. The second-order valence-corrected chi connectivity index (χ2v) is 4.20. The van der Waals surface area contributed by atoms with Gasteiger partial charge in [-0.3, -0.25) is 0 Å². The molecule has 0 radical (unpaired) electrons. The predicted molar refractivity (Wildman–Crippen MR) is 69.2 cm³/mol. The van der Waals surface area contributed by atoms with Crippen LogP contribution in [0.4, 0.5) is 0 Å². The zero-order chi connectivity index (χ0) is 12.0. The Morgan fingerprint density at radius 2 is 1.88 bits per heavy atom. The molecule has 0 N–H and O–H groups in total. The summed E-state index contributed by atoms with van der Waals surface area (Å²) in [6, 6.07) is 6.34. The van der Waals surface area contributed by atoms with Crippen molar-refractivity contribution < 1.29 is 0 Å². The Morgan fingerprint density at radius 3 is 2.38 bits per heavy atom. The van der Waals surface area contributed by atoms with Crippen molar-refractivity contribution in [2.75, 3.05) is 0 Å². The van der Waals surface area contributed by atoms with Crippen LogP contribution >= 0.6 is 0 Å². The highest BCUT2D eigenvalue weighted by atomic mass is 14.2. The number of nitrogens with zero attached hydrogens (tertiary/aromatic N) is 1. The first-order valence-corrected chi connectivity index (χ1v) is 5.85. The van der Waals surface area contributed by atoms with Gasteiger partial charge in [0.25, 0.3) is 0 Å². The summed E-state index contributed by atoms with van der Waals surface area (Å²) < 4.78 is 0. The zero-order valence-electron chi connectivity index (χ0n) is 10.4. The molecule has 0 fully saturated rings. The zero-order valence-corrected chi connectivity index (χ0v) is 10.4. The number of nitriles is 1. The highest BCUT2D eigenvalue weighted by Gasteiger charge is 2.03. The van der Waals surface area contributed by atoms with Gasteiger partial charge in [-0.1, -0.05) is 25.5 Å². The van der Waals surface area contributed by atoms with Crippen LogP contribution in [0.5, 0.6) is 0 Å². The molecule has 1 nitrogen and oxygen atoms in total. The monoisotopic (exact) mass is 213 g/mol. The van der Waals surface area contributed by atoms with E-state index >= 15 is 0 Å². The van der Waals surface area contributed by atoms with E-state index < -0.39 is 0 Å². The average Bonchev–Trinajstić information content (AvgIpc) is 2.25. The fourth-order valence-electron chi connectivity index (χ4n) is 2.00. The molecule has 0 saturated carbocycles. The van der Waals surface area contributed by atoms with Gasteiger partial charge in [-0.25, -0.2) is 0 Å². The molecule has 0 amide bonds. The molecule has 0 heterocycles. The summed E-state index contributed by atoms with van der Waals surface area (Å²) >= 11 is 0. The van der Waals surface area contributed by atoms with Gasteiger partial charge in [0.2, 0.25) is 0 Å². The minimum Gasteiger partial charge on any atom is -0.193 e. The Hall–Kier alpha value is -1.55. The van der Waals surface area contributed by atoms with Crippen molar-refractivity contribution in [3.8, 4) is 6.07 Å². The number of unbranched alkanes of at least 4 members (excludes halogenated alkanes) is 1. The summed E-state index contributed by atoms with van der Waals surface area (Å²) in [6.07, 6.45) is 7.03. The van der Waals surface area contributed by atoms with E-state index in [4.69, 9.17) is 5.26 Å². The molecular formula is C15H19N. The lowest BCUT2D eigenvalue weighted by atomic mass is 9.95. The molecule has 0 aliphatic heterocycles. The van der Waals surface area contributed by atoms with Gasteiger partial charge < -0.3 is 0 Å². The van der Waals surface area contributed by atoms with E-state index in [1.807, 2.05) is 12.1 Å². The van der Waals surface area contributed by atoms with Gasteiger partial charge in [0.05, 0.1) is 6.07 Å². The molecule has 0 spiro atoms. The maximum Gasteiger partial charge on any atom is 0.0912 e. The minimum absolute atomic E-state index is 1.12. The van der Waals surface area contributed by atoms with Crippen molar-refractivity contribution in [1.82, 2.24) is 0 Å². The molecule has 1 heteroatoms. The third-order valence-electron chi connectivity index (χ3n) is 2.85. The smallest absolute Gasteiger partial charge is 0.0912 e. The molecule has 1 rings (SSSR count). The molecule has 0 unspecified atom stereocenters. The summed E-state index contributed by atoms with van der Waals surface area (Å²) in [5, 5.41) is 8.50. The largest absolute Gasteiger partial charge is 0.193 e. The third kappa shape index (κ3) is 3.24. The van der Waals surface area contributed by atoms with Gasteiger partial charge in [0.15, 0.2) is 0 Å². The molecule has 0 aromatic heterocycles. The second-order valence-electron chi connectivity index (χ2n) is 4.20. The number of allylic oxidation sites excluding steroid dienone is 1. The predicted octanol–water partition coefficient (Wildman–Crippen LogP) is 4.18. The van der Waals surface area contributed by atoms with Gasteiger partial charge in [-0.15, -0.1) is 0 Å². The summed E-state index contributed by atoms with van der Waals surface area (Å²) in [4.78, 5) is 0. The number of aryl methyl sites for hydroxylation is 2. The summed E-state index contributed by atoms with van der Waals surface area (Å²) in [5.74, 6) is 0. The third-order valence-corrected chi connectivity index (χ3v) is 2.85. The normalized spacial score (nSPS) is 10.6. The standard InChI is InChI=1S/C15H19N/c1-4-5-8-15-12(2)10-14(7-6-9-16)11-13(15)3/h6-7,10-11H,4-5,8H2,1-3H3/b7-6+. The summed E-state index contributed by atoms with van der Waals surface area (Å²) in [6.45, 7) is 6.53. The second kappa shape index (κ2) is 6.12. The Balaban J connectivity index is 2.98. The highest BCUT2D eigenvalue weighted by Crippen LogP contribution is 2.19. The van der Waals surface area contributed by atoms with E-state index in [1.165, 1.54) is 35.6 Å². The molecule has 84 valence electrons. The highest BCUT2D eigenvalue weighted by molar-refractivity contribution is 5.55. The quantitative estimate of drug-likeness (QED) is 0.688. The maximum atomic E-state index is 8.50. The maximum absolute atomic E-state index is 8.50. The van der Waals surface area contributed by atoms with Crippen molar-refractivity contribution in [2.24, 2.45) is 0 Å². The molecule has 0 atom stereocenters. The first-order chi connectivity index (χ1) is 7.69. The summed E-state index contributed by atoms with van der Waals surface area (Å²) in [5.41, 5.74) is 5.27. The van der Waals surface area contributed by atoms with E-state index in [1.54, 1.807) is 0 Å². The first-order valence-electron chi connectivity index (χ1n) is 5.85. The molecule has 0 saturated heterocycles. The van der Waals surface area contributed by atoms with Crippen LogP contribution in [0.1, 0.15) is 42.0 Å². The van der Waals surface area contributed by atoms with Gasteiger partial charge in [0, 0.05) is 6.08 Å². The van der Waals surface area contributed by atoms with Crippen LogP contribution in [0.2, 0.25) is 0 Å². The fourth-order valence-corrected chi connectivity index (χ4v) is 2.00. The molecular weight excluding hydrogens is 194 g/mol. The average molecular weight is 213 g/mol. The number of rotatable bonds is 4. The van der Waals surface area contributed by atoms with Crippen molar-refractivity contribution in [3.05, 3.63) is 40.5 Å². The van der Waals surface area contributed by atoms with Gasteiger partial charge in [0.1, 0.15) is 0 Å². The van der Waals surface area contributed by atoms with Crippen molar-refractivity contribution in [1.29, 1.82) is 5.26 Å². The van der Waals surface area contributed by atoms with Crippen molar-refractivity contribution in [3.63, 3.8) is 0 Å². The van der Waals surface area contributed by atoms with Crippen LogP contribution < -0.4 is 0 Å². The Kier molecular flexibility index (Phi) is 4.79. The molecule has 0 aliphatic carbocycles. The Labute approximate surface area is 98.4 Å². The lowest BCUT2D eigenvalue weighted by Gasteiger charge is -2.10. The van der Waals surface area contributed by atoms with Gasteiger partial charge >= 0.3 is 0 Å². The topological polar surface area (TPSA) is 23.8 Å². The fraction of sp³-hybridized carbons (Fsp3) is 0.400. The van der Waals surface area contributed by atoms with E-state index in [-0.39, 0.29) is 0 Å². The molecule has 1 aromatic rings. The first kappa shape index (κ1) is 12.5. The number of hydrogen-bond acceptors (Lipinski definition) is 1. The molecule has 0 bridgehead atoms. The lowest BCUT2D eigenvalue weighted by Crippen LogP contribution is -1.95. The number of benzene rings is 1. The van der Waals surface area contributed by atoms with E-state index in [9.17, 15) is 0 Å². The van der Waals surface area contributed by atoms with Gasteiger partial charge in [-0.2, -0.15) is 5.26 Å². The van der Waals surface area contributed by atoms with Crippen LogP contribution in [0.15, 0.2) is 18.2 Å². The van der Waals surface area contributed by atoms with E-state index in [0.29, 0.717) is 0 Å². The van der Waals surface area contributed by atoms with Crippen LogP contribution in [0, 0.1) is 25.2 Å². The minimum atomic E-state index is 1.12. The Morgan fingerprint density at radius 1 is 1.25 bits per heavy atom. The molecule has 16 heavy (non-hydrogen) atoms. The summed E-state index contributed by atoms with van der Waals surface area (Å²) in [7, 11) is 0.